The van der Waals surface area contributed by atoms with Crippen molar-refractivity contribution in [2.75, 3.05) is 16.6 Å². The van der Waals surface area contributed by atoms with E-state index in [2.05, 4.69) is 10.0 Å². The van der Waals surface area contributed by atoms with Gasteiger partial charge >= 0.3 is 0 Å². The normalized spacial score (nSPS) is 11.0. The SMILES string of the molecule is O=C(COc1ccc(S(=O)(=O)Nc2cc(Cl)cc(Cl)c2)cc1)Nc1ccccc1. The summed E-state index contributed by atoms with van der Waals surface area (Å²) in [6.07, 6.45) is 0. The van der Waals surface area contributed by atoms with Crippen LogP contribution in [0.2, 0.25) is 10.0 Å². The van der Waals surface area contributed by atoms with Gasteiger partial charge in [0.05, 0.1) is 10.6 Å². The molecule has 3 aromatic carbocycles. The third kappa shape index (κ3) is 6.12. The number of carbonyl (C=O) groups is 1. The zero-order valence-corrected chi connectivity index (χ0v) is 17.3. The molecule has 0 aliphatic heterocycles. The van der Waals surface area contributed by atoms with Gasteiger partial charge in [0.25, 0.3) is 15.9 Å². The molecule has 0 radical (unpaired) electrons. The first-order valence-corrected chi connectivity index (χ1v) is 10.6. The van der Waals surface area contributed by atoms with Gasteiger partial charge in [-0.2, -0.15) is 0 Å². The summed E-state index contributed by atoms with van der Waals surface area (Å²) < 4.78 is 32.8. The summed E-state index contributed by atoms with van der Waals surface area (Å²) in [7, 11) is -3.84. The first kappa shape index (κ1) is 21.0. The minimum Gasteiger partial charge on any atom is -0.484 e. The van der Waals surface area contributed by atoms with E-state index in [9.17, 15) is 13.2 Å². The smallest absolute Gasteiger partial charge is 0.262 e. The van der Waals surface area contributed by atoms with Gasteiger partial charge < -0.3 is 10.1 Å². The van der Waals surface area contributed by atoms with Crippen molar-refractivity contribution in [1.82, 2.24) is 0 Å². The maximum Gasteiger partial charge on any atom is 0.262 e. The number of benzene rings is 3. The lowest BCUT2D eigenvalue weighted by Crippen LogP contribution is -2.20. The first-order chi connectivity index (χ1) is 13.8. The highest BCUT2D eigenvalue weighted by Crippen LogP contribution is 2.25. The summed E-state index contributed by atoms with van der Waals surface area (Å²) in [5.74, 6) is 0.0327. The monoisotopic (exact) mass is 450 g/mol. The molecule has 0 heterocycles. The molecule has 0 aliphatic carbocycles. The van der Waals surface area contributed by atoms with Crippen LogP contribution in [0.5, 0.6) is 5.75 Å². The minimum atomic E-state index is -3.84. The van der Waals surface area contributed by atoms with Crippen LogP contribution in [0.25, 0.3) is 0 Å². The summed E-state index contributed by atoms with van der Waals surface area (Å²) in [5.41, 5.74) is 0.912. The molecule has 150 valence electrons. The summed E-state index contributed by atoms with van der Waals surface area (Å²) in [5, 5.41) is 3.32. The fraction of sp³-hybridized carbons (Fsp3) is 0.0500. The molecule has 0 saturated heterocycles. The van der Waals surface area contributed by atoms with Gasteiger partial charge in [-0.1, -0.05) is 41.4 Å². The number of nitrogens with one attached hydrogen (secondary N) is 2. The van der Waals surface area contributed by atoms with Crippen LogP contribution in [0.15, 0.2) is 77.7 Å². The van der Waals surface area contributed by atoms with Gasteiger partial charge in [0.15, 0.2) is 6.61 Å². The molecule has 1 amide bonds. The predicted octanol–water partition coefficient (Wildman–Crippen LogP) is 4.81. The summed E-state index contributed by atoms with van der Waals surface area (Å²) in [6, 6.07) is 19.1. The molecular weight excluding hydrogens is 435 g/mol. The average Bonchev–Trinajstić information content (AvgIpc) is 2.66. The largest absolute Gasteiger partial charge is 0.484 e. The van der Waals surface area contributed by atoms with Gasteiger partial charge in [-0.3, -0.25) is 9.52 Å². The minimum absolute atomic E-state index is 0.0229. The molecular formula is C20H16Cl2N2O4S. The highest BCUT2D eigenvalue weighted by molar-refractivity contribution is 7.92. The quantitative estimate of drug-likeness (QED) is 0.540. The van der Waals surface area contributed by atoms with E-state index in [-0.39, 0.29) is 23.1 Å². The summed E-state index contributed by atoms with van der Waals surface area (Å²) >= 11 is 11.8. The number of para-hydroxylation sites is 1. The number of hydrogen-bond acceptors (Lipinski definition) is 4. The summed E-state index contributed by atoms with van der Waals surface area (Å²) in [6.45, 7) is -0.208. The van der Waals surface area contributed by atoms with E-state index in [1.54, 1.807) is 24.3 Å². The lowest BCUT2D eigenvalue weighted by Gasteiger charge is -2.10. The molecule has 0 aliphatic rings. The third-order valence-corrected chi connectivity index (χ3v) is 5.51. The molecule has 2 N–H and O–H groups in total. The van der Waals surface area contributed by atoms with Crippen LogP contribution in [0.1, 0.15) is 0 Å². The van der Waals surface area contributed by atoms with E-state index in [4.69, 9.17) is 27.9 Å². The summed E-state index contributed by atoms with van der Waals surface area (Å²) in [4.78, 5) is 11.9. The lowest BCUT2D eigenvalue weighted by molar-refractivity contribution is -0.118. The predicted molar refractivity (Wildman–Crippen MR) is 114 cm³/mol. The van der Waals surface area contributed by atoms with Crippen molar-refractivity contribution in [3.8, 4) is 5.75 Å². The Balaban J connectivity index is 1.60. The number of ether oxygens (including phenoxy) is 1. The van der Waals surface area contributed by atoms with Crippen LogP contribution in [0, 0.1) is 0 Å². The zero-order chi connectivity index (χ0) is 20.9. The molecule has 6 nitrogen and oxygen atoms in total. The third-order valence-electron chi connectivity index (χ3n) is 3.68. The van der Waals surface area contributed by atoms with Gasteiger partial charge in [0.1, 0.15) is 5.75 Å². The van der Waals surface area contributed by atoms with Gasteiger partial charge in [0, 0.05) is 15.7 Å². The zero-order valence-electron chi connectivity index (χ0n) is 14.9. The highest BCUT2D eigenvalue weighted by atomic mass is 35.5. The average molecular weight is 451 g/mol. The first-order valence-electron chi connectivity index (χ1n) is 8.38. The second-order valence-corrected chi connectivity index (χ2v) is 8.49. The molecule has 0 fully saturated rings. The highest BCUT2D eigenvalue weighted by Gasteiger charge is 2.15. The van der Waals surface area contributed by atoms with Crippen LogP contribution in [-0.2, 0) is 14.8 Å². The Bertz CT molecular complexity index is 1080. The Morgan fingerprint density at radius 2 is 1.48 bits per heavy atom. The molecule has 29 heavy (non-hydrogen) atoms. The van der Waals surface area contributed by atoms with E-state index in [0.29, 0.717) is 21.5 Å². The standard InChI is InChI=1S/C20H16Cl2N2O4S/c21-14-10-15(22)12-17(11-14)24-29(26,27)19-8-6-18(7-9-19)28-13-20(25)23-16-4-2-1-3-5-16/h1-12,24H,13H2,(H,23,25). The topological polar surface area (TPSA) is 84.5 Å². The van der Waals surface area contributed by atoms with Gasteiger partial charge in [-0.15, -0.1) is 0 Å². The van der Waals surface area contributed by atoms with Crippen LogP contribution < -0.4 is 14.8 Å². The van der Waals surface area contributed by atoms with Gasteiger partial charge in [-0.25, -0.2) is 8.42 Å². The van der Waals surface area contributed by atoms with E-state index < -0.39 is 10.0 Å². The van der Waals surface area contributed by atoms with Crippen LogP contribution in [0.4, 0.5) is 11.4 Å². The number of amides is 1. The number of carbonyl (C=O) groups excluding carboxylic acids is 1. The van der Waals surface area contributed by atoms with Gasteiger partial charge in [-0.05, 0) is 54.6 Å². The Labute approximate surface area is 178 Å². The van der Waals surface area contributed by atoms with Crippen molar-refractivity contribution in [2.24, 2.45) is 0 Å². The number of halogens is 2. The molecule has 9 heteroatoms. The van der Waals surface area contributed by atoms with Crippen molar-refractivity contribution in [3.63, 3.8) is 0 Å². The van der Waals surface area contributed by atoms with Gasteiger partial charge in [0.2, 0.25) is 0 Å². The Hall–Kier alpha value is -2.74. The van der Waals surface area contributed by atoms with E-state index in [1.165, 1.54) is 42.5 Å². The second kappa shape index (κ2) is 9.17. The molecule has 0 spiro atoms. The molecule has 0 saturated carbocycles. The molecule has 0 unspecified atom stereocenters. The number of hydrogen-bond donors (Lipinski definition) is 2. The second-order valence-electron chi connectivity index (χ2n) is 5.94. The van der Waals surface area contributed by atoms with E-state index in [0.717, 1.165) is 0 Å². The van der Waals surface area contributed by atoms with Crippen molar-refractivity contribution < 1.29 is 17.9 Å². The maximum atomic E-state index is 12.5. The maximum absolute atomic E-state index is 12.5. The molecule has 0 aromatic heterocycles. The fourth-order valence-corrected chi connectivity index (χ4v) is 3.98. The Kier molecular flexibility index (Phi) is 6.64. The molecule has 3 rings (SSSR count). The molecule has 0 atom stereocenters. The Morgan fingerprint density at radius 3 is 2.10 bits per heavy atom. The number of sulfonamides is 1. The van der Waals surface area contributed by atoms with Crippen molar-refractivity contribution in [2.45, 2.75) is 4.90 Å². The van der Waals surface area contributed by atoms with Crippen LogP contribution in [-0.4, -0.2) is 20.9 Å². The van der Waals surface area contributed by atoms with Crippen molar-refractivity contribution in [3.05, 3.63) is 82.8 Å². The van der Waals surface area contributed by atoms with E-state index >= 15 is 0 Å². The van der Waals surface area contributed by atoms with E-state index in [1.807, 2.05) is 6.07 Å². The number of anilines is 2. The van der Waals surface area contributed by atoms with Crippen LogP contribution >= 0.6 is 23.2 Å². The van der Waals surface area contributed by atoms with Crippen molar-refractivity contribution >= 4 is 50.5 Å². The number of rotatable bonds is 7. The molecule has 0 bridgehead atoms. The lowest BCUT2D eigenvalue weighted by atomic mass is 10.3. The van der Waals surface area contributed by atoms with Crippen LogP contribution in [0.3, 0.4) is 0 Å². The van der Waals surface area contributed by atoms with Crippen molar-refractivity contribution in [1.29, 1.82) is 0 Å². The Morgan fingerprint density at radius 1 is 0.862 bits per heavy atom. The fourth-order valence-electron chi connectivity index (χ4n) is 2.41. The molecule has 3 aromatic rings.